The normalized spacial score (nSPS) is 11.1. The van der Waals surface area contributed by atoms with Crippen molar-refractivity contribution < 1.29 is 22.7 Å². The number of amides is 1. The van der Waals surface area contributed by atoms with E-state index in [0.717, 1.165) is 11.1 Å². The summed E-state index contributed by atoms with van der Waals surface area (Å²) in [5.41, 5.74) is 2.37. The number of rotatable bonds is 10. The Bertz CT molecular complexity index is 890. The largest absolute Gasteiger partial charge is 0.497 e. The average Bonchev–Trinajstić information content (AvgIpc) is 2.71. The van der Waals surface area contributed by atoms with Gasteiger partial charge in [0, 0.05) is 19.0 Å². The van der Waals surface area contributed by atoms with Gasteiger partial charge in [-0.3, -0.25) is 4.79 Å². The predicted octanol–water partition coefficient (Wildman–Crippen LogP) is 2.00. The molecule has 28 heavy (non-hydrogen) atoms. The Kier molecular flexibility index (Phi) is 7.83. The number of ether oxygens (including phenoxy) is 2. The molecule has 0 aliphatic rings. The van der Waals surface area contributed by atoms with E-state index in [0.29, 0.717) is 29.9 Å². The first-order chi connectivity index (χ1) is 13.4. The maximum absolute atomic E-state index is 12.2. The summed E-state index contributed by atoms with van der Waals surface area (Å²) >= 11 is 0. The molecule has 1 amide bonds. The van der Waals surface area contributed by atoms with Gasteiger partial charge in [-0.05, 0) is 42.3 Å². The van der Waals surface area contributed by atoms with Gasteiger partial charge in [0.25, 0.3) is 0 Å². The Morgan fingerprint density at radius 2 is 1.61 bits per heavy atom. The first-order valence-electron chi connectivity index (χ1n) is 8.83. The highest BCUT2D eigenvalue weighted by Crippen LogP contribution is 2.23. The molecular weight excluding hydrogens is 380 g/mol. The maximum Gasteiger partial charge on any atom is 0.220 e. The van der Waals surface area contributed by atoms with Crippen molar-refractivity contribution in [2.45, 2.75) is 25.1 Å². The van der Waals surface area contributed by atoms with E-state index in [9.17, 15) is 13.2 Å². The van der Waals surface area contributed by atoms with Gasteiger partial charge in [-0.1, -0.05) is 24.3 Å². The third kappa shape index (κ3) is 6.54. The first-order valence-corrected chi connectivity index (χ1v) is 10.5. The zero-order valence-corrected chi connectivity index (χ0v) is 17.1. The summed E-state index contributed by atoms with van der Waals surface area (Å²) in [7, 11) is 1.16. The second kappa shape index (κ2) is 10.1. The van der Waals surface area contributed by atoms with Crippen molar-refractivity contribution in [3.05, 3.63) is 59.2 Å². The molecule has 8 heteroatoms. The highest BCUT2D eigenvalue weighted by Gasteiger charge is 2.13. The lowest BCUT2D eigenvalue weighted by molar-refractivity contribution is -0.121. The van der Waals surface area contributed by atoms with Crippen LogP contribution in [0.1, 0.15) is 23.1 Å². The molecule has 0 spiro atoms. The van der Waals surface area contributed by atoms with Crippen molar-refractivity contribution in [2.75, 3.05) is 21.3 Å². The van der Waals surface area contributed by atoms with E-state index in [2.05, 4.69) is 10.0 Å². The fraction of sp³-hybridized carbons (Fsp3) is 0.350. The summed E-state index contributed by atoms with van der Waals surface area (Å²) in [6.45, 7) is 0.273. The Hall–Kier alpha value is -2.58. The molecule has 0 radical (unpaired) electrons. The van der Waals surface area contributed by atoms with Gasteiger partial charge in [0.2, 0.25) is 15.9 Å². The number of methoxy groups -OCH3 is 2. The van der Waals surface area contributed by atoms with Gasteiger partial charge >= 0.3 is 0 Å². The minimum Gasteiger partial charge on any atom is -0.497 e. The predicted molar refractivity (Wildman–Crippen MR) is 108 cm³/mol. The van der Waals surface area contributed by atoms with E-state index in [-0.39, 0.29) is 18.2 Å². The molecule has 0 aliphatic heterocycles. The number of aryl methyl sites for hydroxylation is 1. The van der Waals surface area contributed by atoms with Crippen LogP contribution in [0, 0.1) is 0 Å². The maximum atomic E-state index is 12.2. The lowest BCUT2D eigenvalue weighted by atomic mass is 10.1. The molecule has 2 N–H and O–H groups in total. The Balaban J connectivity index is 1.95. The van der Waals surface area contributed by atoms with Crippen LogP contribution in [0.4, 0.5) is 0 Å². The molecule has 0 saturated heterocycles. The summed E-state index contributed by atoms with van der Waals surface area (Å²) in [5.74, 6) is 1.11. The molecule has 0 unspecified atom stereocenters. The van der Waals surface area contributed by atoms with Crippen LogP contribution < -0.4 is 19.5 Å². The lowest BCUT2D eigenvalue weighted by Crippen LogP contribution is -2.25. The molecule has 152 valence electrons. The smallest absolute Gasteiger partial charge is 0.220 e. The molecule has 2 aromatic carbocycles. The number of hydrogen-bond donors (Lipinski definition) is 2. The third-order valence-electron chi connectivity index (χ3n) is 4.30. The van der Waals surface area contributed by atoms with Crippen molar-refractivity contribution >= 4 is 15.9 Å². The van der Waals surface area contributed by atoms with Crippen molar-refractivity contribution in [3.63, 3.8) is 0 Å². The second-order valence-electron chi connectivity index (χ2n) is 6.23. The van der Waals surface area contributed by atoms with E-state index in [1.807, 2.05) is 24.3 Å². The molecule has 0 saturated carbocycles. The molecule has 0 heterocycles. The van der Waals surface area contributed by atoms with Crippen molar-refractivity contribution in [1.82, 2.24) is 10.0 Å². The Morgan fingerprint density at radius 3 is 2.18 bits per heavy atom. The van der Waals surface area contributed by atoms with Crippen LogP contribution >= 0.6 is 0 Å². The average molecular weight is 407 g/mol. The number of benzene rings is 2. The zero-order chi connectivity index (χ0) is 20.6. The van der Waals surface area contributed by atoms with Crippen molar-refractivity contribution in [2.24, 2.45) is 0 Å². The van der Waals surface area contributed by atoms with E-state index >= 15 is 0 Å². The third-order valence-corrected chi connectivity index (χ3v) is 5.62. The molecule has 0 aliphatic carbocycles. The first kappa shape index (κ1) is 21.7. The lowest BCUT2D eigenvalue weighted by Gasteiger charge is -2.11. The molecule has 7 nitrogen and oxygen atoms in total. The summed E-state index contributed by atoms with van der Waals surface area (Å²) in [6.07, 6.45) is 0.836. The van der Waals surface area contributed by atoms with Gasteiger partial charge < -0.3 is 14.8 Å². The quantitative estimate of drug-likeness (QED) is 0.629. The standard InChI is InChI=1S/C20H26N2O5S/c1-21-28(24,25)14-17-7-5-4-6-16(17)13-22-20(23)9-8-15-10-18(26-2)12-19(11-15)27-3/h4-7,10-12,21H,8-9,13-14H2,1-3H3,(H,22,23). The van der Waals surface area contributed by atoms with Crippen LogP contribution in [0.3, 0.4) is 0 Å². The molecule has 2 rings (SSSR count). The molecular formula is C20H26N2O5S. The number of carbonyl (C=O) groups is 1. The Morgan fingerprint density at radius 1 is 1.00 bits per heavy atom. The van der Waals surface area contributed by atoms with Gasteiger partial charge in [-0.25, -0.2) is 13.1 Å². The van der Waals surface area contributed by atoms with Crippen LogP contribution in [0.15, 0.2) is 42.5 Å². The van der Waals surface area contributed by atoms with Gasteiger partial charge in [-0.15, -0.1) is 0 Å². The number of carbonyl (C=O) groups excluding carboxylic acids is 1. The number of hydrogen-bond acceptors (Lipinski definition) is 5. The Labute approximate surface area is 166 Å². The van der Waals surface area contributed by atoms with Gasteiger partial charge in [0.1, 0.15) is 11.5 Å². The van der Waals surface area contributed by atoms with Gasteiger partial charge in [0.05, 0.1) is 20.0 Å². The second-order valence-corrected chi connectivity index (χ2v) is 8.16. The van der Waals surface area contributed by atoms with E-state index in [1.54, 1.807) is 32.4 Å². The molecule has 0 fully saturated rings. The summed E-state index contributed by atoms with van der Waals surface area (Å²) in [4.78, 5) is 12.2. The topological polar surface area (TPSA) is 93.7 Å². The fourth-order valence-electron chi connectivity index (χ4n) is 2.70. The van der Waals surface area contributed by atoms with Crippen LogP contribution in [-0.4, -0.2) is 35.6 Å². The zero-order valence-electron chi connectivity index (χ0n) is 16.3. The van der Waals surface area contributed by atoms with Crippen LogP contribution in [0.25, 0.3) is 0 Å². The molecule has 0 atom stereocenters. The fourth-order valence-corrected chi connectivity index (χ4v) is 3.53. The molecule has 0 aromatic heterocycles. The number of nitrogens with one attached hydrogen (secondary N) is 2. The molecule has 0 bridgehead atoms. The van der Waals surface area contributed by atoms with Gasteiger partial charge in [-0.2, -0.15) is 0 Å². The van der Waals surface area contributed by atoms with Crippen LogP contribution in [0.2, 0.25) is 0 Å². The van der Waals surface area contributed by atoms with E-state index in [4.69, 9.17) is 9.47 Å². The summed E-state index contributed by atoms with van der Waals surface area (Å²) < 4.78 is 36.4. The highest BCUT2D eigenvalue weighted by atomic mass is 32.2. The summed E-state index contributed by atoms with van der Waals surface area (Å²) in [6, 6.07) is 12.7. The summed E-state index contributed by atoms with van der Waals surface area (Å²) in [5, 5.41) is 2.85. The monoisotopic (exact) mass is 406 g/mol. The minimum absolute atomic E-state index is 0.118. The van der Waals surface area contributed by atoms with Crippen LogP contribution in [0.5, 0.6) is 11.5 Å². The van der Waals surface area contributed by atoms with E-state index < -0.39 is 10.0 Å². The minimum atomic E-state index is -3.38. The number of sulfonamides is 1. The molecule has 2 aromatic rings. The van der Waals surface area contributed by atoms with Crippen molar-refractivity contribution in [1.29, 1.82) is 0 Å². The SMILES string of the molecule is CNS(=O)(=O)Cc1ccccc1CNC(=O)CCc1cc(OC)cc(OC)c1. The highest BCUT2D eigenvalue weighted by molar-refractivity contribution is 7.88. The van der Waals surface area contributed by atoms with Crippen molar-refractivity contribution in [3.8, 4) is 11.5 Å². The van der Waals surface area contributed by atoms with Gasteiger partial charge in [0.15, 0.2) is 0 Å². The van der Waals surface area contributed by atoms with Crippen LogP contribution in [-0.2, 0) is 33.5 Å². The van der Waals surface area contributed by atoms with E-state index in [1.165, 1.54) is 7.05 Å².